The molecule has 0 unspecified atom stereocenters. The lowest BCUT2D eigenvalue weighted by Gasteiger charge is -2.15. The Balaban J connectivity index is 1.59. The second-order valence-electron chi connectivity index (χ2n) is 5.83. The van der Waals surface area contributed by atoms with E-state index in [4.69, 9.17) is 4.98 Å². The summed E-state index contributed by atoms with van der Waals surface area (Å²) in [5.41, 5.74) is 3.28. The lowest BCUT2D eigenvalue weighted by atomic mass is 10.2. The number of anilines is 2. The van der Waals surface area contributed by atoms with Gasteiger partial charge in [0.25, 0.3) is 0 Å². The van der Waals surface area contributed by atoms with Crippen LogP contribution in [0.2, 0.25) is 0 Å². The molecule has 2 aromatic rings. The summed E-state index contributed by atoms with van der Waals surface area (Å²) in [4.78, 5) is 8.14. The van der Waals surface area contributed by atoms with Gasteiger partial charge in [0, 0.05) is 29.7 Å². The number of nitrogens with one attached hydrogen (secondary N) is 1. The molecule has 1 aliphatic carbocycles. The number of aromatic nitrogens is 1. The zero-order chi connectivity index (χ0) is 14.4. The normalized spacial score (nSPS) is 17.3. The largest absolute Gasteiger partial charge is 0.317 e. The summed E-state index contributed by atoms with van der Waals surface area (Å²) < 4.78 is 13.5. The van der Waals surface area contributed by atoms with E-state index in [0.717, 1.165) is 36.0 Å². The molecule has 1 aliphatic heterocycles. The number of benzene rings is 1. The standard InChI is InChI=1S/C16H18FN3S/c1-10-15(9-18-13-4-5-13)21-16(19-10)20-7-6-11-2-3-12(17)8-14(11)20/h2-3,8,13,18H,4-7,9H2,1H3. The Morgan fingerprint density at radius 1 is 1.43 bits per heavy atom. The fourth-order valence-corrected chi connectivity index (χ4v) is 3.82. The van der Waals surface area contributed by atoms with Crippen molar-refractivity contribution in [3.8, 4) is 0 Å². The molecule has 2 aliphatic rings. The summed E-state index contributed by atoms with van der Waals surface area (Å²) in [6.07, 6.45) is 3.55. The Kier molecular flexibility index (Phi) is 3.19. The molecule has 0 atom stereocenters. The number of rotatable bonds is 4. The van der Waals surface area contributed by atoms with E-state index < -0.39 is 0 Å². The van der Waals surface area contributed by atoms with Gasteiger partial charge in [-0.15, -0.1) is 0 Å². The maximum Gasteiger partial charge on any atom is 0.190 e. The third-order valence-electron chi connectivity index (χ3n) is 4.18. The molecule has 5 heteroatoms. The van der Waals surface area contributed by atoms with E-state index in [1.807, 2.05) is 6.07 Å². The van der Waals surface area contributed by atoms with Gasteiger partial charge in [0.2, 0.25) is 0 Å². The van der Waals surface area contributed by atoms with Crippen molar-refractivity contribution in [3.05, 3.63) is 40.2 Å². The smallest absolute Gasteiger partial charge is 0.190 e. The highest BCUT2D eigenvalue weighted by Crippen LogP contribution is 2.38. The summed E-state index contributed by atoms with van der Waals surface area (Å²) in [5, 5.41) is 4.53. The van der Waals surface area contributed by atoms with Crippen molar-refractivity contribution in [3.63, 3.8) is 0 Å². The molecule has 21 heavy (non-hydrogen) atoms. The van der Waals surface area contributed by atoms with Gasteiger partial charge in [-0.25, -0.2) is 9.37 Å². The number of halogens is 1. The molecule has 1 saturated carbocycles. The first-order chi connectivity index (χ1) is 10.2. The monoisotopic (exact) mass is 303 g/mol. The minimum Gasteiger partial charge on any atom is -0.317 e. The molecule has 4 rings (SSSR count). The van der Waals surface area contributed by atoms with Gasteiger partial charge >= 0.3 is 0 Å². The highest BCUT2D eigenvalue weighted by molar-refractivity contribution is 7.15. The van der Waals surface area contributed by atoms with E-state index in [-0.39, 0.29) is 5.82 Å². The van der Waals surface area contributed by atoms with E-state index in [9.17, 15) is 4.39 Å². The third-order valence-corrected chi connectivity index (χ3v) is 5.36. The van der Waals surface area contributed by atoms with Crippen LogP contribution in [0.3, 0.4) is 0 Å². The van der Waals surface area contributed by atoms with Gasteiger partial charge in [0.15, 0.2) is 5.13 Å². The summed E-state index contributed by atoms with van der Waals surface area (Å²) in [6.45, 7) is 3.85. The van der Waals surface area contributed by atoms with Crippen LogP contribution < -0.4 is 10.2 Å². The van der Waals surface area contributed by atoms with Crippen molar-refractivity contribution in [1.82, 2.24) is 10.3 Å². The molecule has 0 radical (unpaired) electrons. The first kappa shape index (κ1) is 13.2. The van der Waals surface area contributed by atoms with E-state index in [1.54, 1.807) is 23.5 Å². The van der Waals surface area contributed by atoms with Crippen LogP contribution in [0.5, 0.6) is 0 Å². The van der Waals surface area contributed by atoms with Crippen LogP contribution in [0.4, 0.5) is 15.2 Å². The molecule has 1 fully saturated rings. The predicted octanol–water partition coefficient (Wildman–Crippen LogP) is 3.54. The number of thiazole rings is 1. The highest BCUT2D eigenvalue weighted by Gasteiger charge is 2.25. The van der Waals surface area contributed by atoms with Crippen molar-refractivity contribution in [1.29, 1.82) is 0 Å². The fraction of sp³-hybridized carbons (Fsp3) is 0.438. The summed E-state index contributed by atoms with van der Waals surface area (Å²) >= 11 is 1.73. The molecule has 1 N–H and O–H groups in total. The molecular formula is C16H18FN3S. The van der Waals surface area contributed by atoms with Crippen LogP contribution in [-0.4, -0.2) is 17.6 Å². The Hall–Kier alpha value is -1.46. The number of aryl methyl sites for hydroxylation is 1. The Labute approximate surface area is 127 Å². The number of fused-ring (bicyclic) bond motifs is 1. The van der Waals surface area contributed by atoms with Gasteiger partial charge < -0.3 is 10.2 Å². The quantitative estimate of drug-likeness (QED) is 0.936. The van der Waals surface area contributed by atoms with Crippen molar-refractivity contribution in [2.24, 2.45) is 0 Å². The highest BCUT2D eigenvalue weighted by atomic mass is 32.1. The topological polar surface area (TPSA) is 28.2 Å². The zero-order valence-electron chi connectivity index (χ0n) is 12.0. The van der Waals surface area contributed by atoms with Crippen LogP contribution in [0.1, 0.15) is 29.0 Å². The average Bonchev–Trinajstić information content (AvgIpc) is 3.09. The fourth-order valence-electron chi connectivity index (χ4n) is 2.77. The molecule has 3 nitrogen and oxygen atoms in total. The summed E-state index contributed by atoms with van der Waals surface area (Å²) in [6, 6.07) is 5.76. The Morgan fingerprint density at radius 3 is 3.10 bits per heavy atom. The first-order valence-corrected chi connectivity index (χ1v) is 8.28. The minimum absolute atomic E-state index is 0.176. The average molecular weight is 303 g/mol. The van der Waals surface area contributed by atoms with Crippen molar-refractivity contribution in [2.75, 3.05) is 11.4 Å². The maximum atomic E-state index is 13.5. The van der Waals surface area contributed by atoms with Gasteiger partial charge in [0.05, 0.1) is 5.69 Å². The predicted molar refractivity (Wildman–Crippen MR) is 83.8 cm³/mol. The molecule has 110 valence electrons. The van der Waals surface area contributed by atoms with E-state index >= 15 is 0 Å². The van der Waals surface area contributed by atoms with Gasteiger partial charge in [-0.2, -0.15) is 0 Å². The van der Waals surface area contributed by atoms with Crippen LogP contribution in [-0.2, 0) is 13.0 Å². The van der Waals surface area contributed by atoms with Crippen LogP contribution in [0.25, 0.3) is 0 Å². The second-order valence-corrected chi connectivity index (χ2v) is 6.90. The first-order valence-electron chi connectivity index (χ1n) is 7.46. The number of nitrogens with zero attached hydrogens (tertiary/aromatic N) is 2. The lowest BCUT2D eigenvalue weighted by molar-refractivity contribution is 0.628. The van der Waals surface area contributed by atoms with Crippen LogP contribution in [0.15, 0.2) is 18.2 Å². The van der Waals surface area contributed by atoms with E-state index in [2.05, 4.69) is 17.1 Å². The lowest BCUT2D eigenvalue weighted by Crippen LogP contribution is -2.14. The van der Waals surface area contributed by atoms with Crippen molar-refractivity contribution >= 4 is 22.2 Å². The molecule has 0 amide bonds. The molecule has 0 saturated heterocycles. The number of hydrogen-bond donors (Lipinski definition) is 1. The minimum atomic E-state index is -0.176. The van der Waals surface area contributed by atoms with Crippen molar-refractivity contribution < 1.29 is 4.39 Å². The number of hydrogen-bond acceptors (Lipinski definition) is 4. The van der Waals surface area contributed by atoms with Crippen LogP contribution >= 0.6 is 11.3 Å². The van der Waals surface area contributed by atoms with Gasteiger partial charge in [-0.1, -0.05) is 17.4 Å². The van der Waals surface area contributed by atoms with Crippen molar-refractivity contribution in [2.45, 2.75) is 38.8 Å². The maximum absolute atomic E-state index is 13.5. The summed E-state index contributed by atoms with van der Waals surface area (Å²) in [7, 11) is 0. The molecule has 1 aromatic heterocycles. The molecule has 0 bridgehead atoms. The van der Waals surface area contributed by atoms with Gasteiger partial charge in [-0.3, -0.25) is 0 Å². The Bertz CT molecular complexity index is 678. The molecule has 0 spiro atoms. The zero-order valence-corrected chi connectivity index (χ0v) is 12.8. The van der Waals surface area contributed by atoms with Crippen LogP contribution in [0, 0.1) is 12.7 Å². The second kappa shape index (κ2) is 5.07. The third kappa shape index (κ3) is 2.56. The SMILES string of the molecule is Cc1nc(N2CCc3ccc(F)cc32)sc1CNC1CC1. The Morgan fingerprint density at radius 2 is 2.29 bits per heavy atom. The summed E-state index contributed by atoms with van der Waals surface area (Å²) in [5.74, 6) is -0.176. The van der Waals surface area contributed by atoms with E-state index in [1.165, 1.54) is 23.3 Å². The van der Waals surface area contributed by atoms with Gasteiger partial charge in [-0.05, 0) is 43.9 Å². The molecule has 2 heterocycles. The molecular weight excluding hydrogens is 285 g/mol. The molecule has 1 aromatic carbocycles. The van der Waals surface area contributed by atoms with E-state index in [0.29, 0.717) is 6.04 Å². The van der Waals surface area contributed by atoms with Gasteiger partial charge in [0.1, 0.15) is 5.82 Å².